The van der Waals surface area contributed by atoms with Gasteiger partial charge in [0, 0.05) is 24.4 Å². The van der Waals surface area contributed by atoms with Crippen LogP contribution in [0.4, 0.5) is 21.5 Å². The average molecular weight is 289 g/mol. The number of benzene rings is 2. The first kappa shape index (κ1) is 14.4. The minimum atomic E-state index is -0.625. The van der Waals surface area contributed by atoms with Crippen LogP contribution in [0.15, 0.2) is 42.5 Å². The Hall–Kier alpha value is -2.96. The molecule has 1 amide bonds. The molecule has 2 aromatic rings. The van der Waals surface area contributed by atoms with Gasteiger partial charge in [-0.25, -0.2) is 4.39 Å². The Labute approximate surface area is 119 Å². The molecule has 7 heteroatoms. The maximum absolute atomic E-state index is 13.2. The Morgan fingerprint density at radius 1 is 1.29 bits per heavy atom. The quantitative estimate of drug-likeness (QED) is 0.534. The van der Waals surface area contributed by atoms with E-state index in [0.29, 0.717) is 5.69 Å². The lowest BCUT2D eigenvalue weighted by molar-refractivity contribution is -0.383. The SMILES string of the molecule is CN(C(=O)c1ccc([N+](=O)[O-])c(N)c1)c1cccc(F)c1. The van der Waals surface area contributed by atoms with E-state index >= 15 is 0 Å². The fourth-order valence-electron chi connectivity index (χ4n) is 1.85. The lowest BCUT2D eigenvalue weighted by Crippen LogP contribution is -2.26. The number of carbonyl (C=O) groups is 1. The summed E-state index contributed by atoms with van der Waals surface area (Å²) >= 11 is 0. The summed E-state index contributed by atoms with van der Waals surface area (Å²) in [6.45, 7) is 0. The van der Waals surface area contributed by atoms with Gasteiger partial charge < -0.3 is 10.6 Å². The predicted molar refractivity (Wildman–Crippen MR) is 76.6 cm³/mol. The van der Waals surface area contributed by atoms with E-state index in [1.807, 2.05) is 0 Å². The van der Waals surface area contributed by atoms with E-state index < -0.39 is 16.6 Å². The Balaban J connectivity index is 2.32. The molecule has 21 heavy (non-hydrogen) atoms. The van der Waals surface area contributed by atoms with Gasteiger partial charge in [-0.15, -0.1) is 0 Å². The van der Waals surface area contributed by atoms with Crippen LogP contribution in [0.3, 0.4) is 0 Å². The molecular weight excluding hydrogens is 277 g/mol. The van der Waals surface area contributed by atoms with Crippen molar-refractivity contribution in [2.75, 3.05) is 17.7 Å². The molecule has 0 heterocycles. The van der Waals surface area contributed by atoms with Gasteiger partial charge in [-0.1, -0.05) is 6.07 Å². The topological polar surface area (TPSA) is 89.5 Å². The van der Waals surface area contributed by atoms with Gasteiger partial charge in [0.05, 0.1) is 4.92 Å². The number of nitrogen functional groups attached to an aromatic ring is 1. The number of rotatable bonds is 3. The van der Waals surface area contributed by atoms with Gasteiger partial charge in [-0.2, -0.15) is 0 Å². The summed E-state index contributed by atoms with van der Waals surface area (Å²) in [4.78, 5) is 23.6. The van der Waals surface area contributed by atoms with Gasteiger partial charge in [0.15, 0.2) is 0 Å². The van der Waals surface area contributed by atoms with Crippen LogP contribution in [-0.4, -0.2) is 17.9 Å². The van der Waals surface area contributed by atoms with Crippen LogP contribution in [0.25, 0.3) is 0 Å². The molecule has 2 rings (SSSR count). The summed E-state index contributed by atoms with van der Waals surface area (Å²) in [6, 6.07) is 9.26. The third-order valence-electron chi connectivity index (χ3n) is 2.97. The number of nitro benzene ring substituents is 1. The van der Waals surface area contributed by atoms with E-state index in [1.165, 1.54) is 48.3 Å². The number of carbonyl (C=O) groups excluding carboxylic acids is 1. The molecule has 0 aliphatic heterocycles. The molecule has 0 atom stereocenters. The standard InChI is InChI=1S/C14H12FN3O3/c1-17(11-4-2-3-10(15)8-11)14(19)9-5-6-13(18(20)21)12(16)7-9/h2-8H,16H2,1H3. The van der Waals surface area contributed by atoms with Crippen LogP contribution < -0.4 is 10.6 Å². The van der Waals surface area contributed by atoms with E-state index in [-0.39, 0.29) is 16.9 Å². The second-order valence-corrected chi connectivity index (χ2v) is 4.37. The third-order valence-corrected chi connectivity index (χ3v) is 2.97. The average Bonchev–Trinajstić information content (AvgIpc) is 2.45. The van der Waals surface area contributed by atoms with Crippen LogP contribution in [0, 0.1) is 15.9 Å². The van der Waals surface area contributed by atoms with E-state index in [0.717, 1.165) is 0 Å². The van der Waals surface area contributed by atoms with E-state index in [2.05, 4.69) is 0 Å². The number of nitro groups is 1. The molecular formula is C14H12FN3O3. The fourth-order valence-corrected chi connectivity index (χ4v) is 1.85. The minimum Gasteiger partial charge on any atom is -0.393 e. The first-order valence-corrected chi connectivity index (χ1v) is 5.97. The maximum atomic E-state index is 13.2. The highest BCUT2D eigenvalue weighted by Crippen LogP contribution is 2.24. The zero-order chi connectivity index (χ0) is 15.6. The molecule has 0 spiro atoms. The third kappa shape index (κ3) is 2.97. The molecule has 0 aliphatic rings. The van der Waals surface area contributed by atoms with E-state index in [9.17, 15) is 19.3 Å². The normalized spacial score (nSPS) is 10.2. The van der Waals surface area contributed by atoms with E-state index in [4.69, 9.17) is 5.73 Å². The number of hydrogen-bond acceptors (Lipinski definition) is 4. The number of amides is 1. The van der Waals surface area contributed by atoms with Gasteiger partial charge in [0.1, 0.15) is 11.5 Å². The van der Waals surface area contributed by atoms with Crippen LogP contribution in [0.5, 0.6) is 0 Å². The molecule has 0 fully saturated rings. The smallest absolute Gasteiger partial charge is 0.292 e. The van der Waals surface area contributed by atoms with Crippen LogP contribution in [0.2, 0.25) is 0 Å². The Kier molecular flexibility index (Phi) is 3.84. The summed E-state index contributed by atoms with van der Waals surface area (Å²) in [5, 5.41) is 10.7. The zero-order valence-electron chi connectivity index (χ0n) is 11.1. The first-order valence-electron chi connectivity index (χ1n) is 5.97. The van der Waals surface area contributed by atoms with Gasteiger partial charge in [-0.05, 0) is 30.3 Å². The number of nitrogens with zero attached hydrogens (tertiary/aromatic N) is 2. The Bertz CT molecular complexity index is 718. The van der Waals surface area contributed by atoms with Crippen molar-refractivity contribution in [2.24, 2.45) is 0 Å². The van der Waals surface area contributed by atoms with E-state index in [1.54, 1.807) is 6.07 Å². The van der Waals surface area contributed by atoms with Crippen molar-refractivity contribution in [1.82, 2.24) is 0 Å². The summed E-state index contributed by atoms with van der Waals surface area (Å²) in [7, 11) is 1.48. The minimum absolute atomic E-state index is 0.0986. The van der Waals surface area contributed by atoms with Crippen LogP contribution >= 0.6 is 0 Å². The summed E-state index contributed by atoms with van der Waals surface area (Å²) in [5.74, 6) is -0.905. The molecule has 0 unspecified atom stereocenters. The second-order valence-electron chi connectivity index (χ2n) is 4.37. The highest BCUT2D eigenvalue weighted by atomic mass is 19.1. The first-order chi connectivity index (χ1) is 9.90. The summed E-state index contributed by atoms with van der Waals surface area (Å²) in [6.07, 6.45) is 0. The van der Waals surface area contributed by atoms with Gasteiger partial charge in [0.2, 0.25) is 0 Å². The Morgan fingerprint density at radius 3 is 2.57 bits per heavy atom. The van der Waals surface area contributed by atoms with Crippen molar-refractivity contribution < 1.29 is 14.1 Å². The van der Waals surface area contributed by atoms with Gasteiger partial charge in [-0.3, -0.25) is 14.9 Å². The van der Waals surface area contributed by atoms with Gasteiger partial charge in [0.25, 0.3) is 11.6 Å². The molecule has 0 radical (unpaired) electrons. The monoisotopic (exact) mass is 289 g/mol. The zero-order valence-corrected chi connectivity index (χ0v) is 11.1. The summed E-state index contributed by atoms with van der Waals surface area (Å²) in [5.41, 5.74) is 5.75. The molecule has 108 valence electrons. The van der Waals surface area contributed by atoms with Crippen molar-refractivity contribution in [1.29, 1.82) is 0 Å². The van der Waals surface area contributed by atoms with Crippen LogP contribution in [-0.2, 0) is 0 Å². The number of halogens is 1. The fraction of sp³-hybridized carbons (Fsp3) is 0.0714. The predicted octanol–water partition coefficient (Wildman–Crippen LogP) is 2.59. The van der Waals surface area contributed by atoms with Crippen LogP contribution in [0.1, 0.15) is 10.4 Å². The molecule has 0 bridgehead atoms. The molecule has 2 N–H and O–H groups in total. The summed E-state index contributed by atoms with van der Waals surface area (Å²) < 4.78 is 13.2. The van der Waals surface area contributed by atoms with Crippen molar-refractivity contribution >= 4 is 23.0 Å². The molecule has 0 aromatic heterocycles. The van der Waals surface area contributed by atoms with Crippen molar-refractivity contribution in [3.8, 4) is 0 Å². The van der Waals surface area contributed by atoms with Crippen molar-refractivity contribution in [3.63, 3.8) is 0 Å². The maximum Gasteiger partial charge on any atom is 0.292 e. The number of nitrogens with two attached hydrogens (primary N) is 1. The highest BCUT2D eigenvalue weighted by Gasteiger charge is 2.18. The molecule has 0 saturated carbocycles. The molecule has 0 aliphatic carbocycles. The molecule has 6 nitrogen and oxygen atoms in total. The lowest BCUT2D eigenvalue weighted by atomic mass is 10.1. The lowest BCUT2D eigenvalue weighted by Gasteiger charge is -2.17. The highest BCUT2D eigenvalue weighted by molar-refractivity contribution is 6.06. The van der Waals surface area contributed by atoms with Crippen molar-refractivity contribution in [3.05, 3.63) is 64.0 Å². The Morgan fingerprint density at radius 2 is 2.00 bits per heavy atom. The number of anilines is 2. The number of hydrogen-bond donors (Lipinski definition) is 1. The largest absolute Gasteiger partial charge is 0.393 e. The second kappa shape index (κ2) is 5.58. The van der Waals surface area contributed by atoms with Crippen molar-refractivity contribution in [2.45, 2.75) is 0 Å². The molecule has 2 aromatic carbocycles. The molecule has 0 saturated heterocycles. The van der Waals surface area contributed by atoms with Gasteiger partial charge >= 0.3 is 0 Å².